The predicted molar refractivity (Wildman–Crippen MR) is 299 cm³/mol. The van der Waals surface area contributed by atoms with Crippen molar-refractivity contribution >= 4 is 11.9 Å². The molecule has 15 N–H and O–H groups in total. The lowest BCUT2D eigenvalue weighted by Gasteiger charge is -2.71. The number of esters is 2. The van der Waals surface area contributed by atoms with Gasteiger partial charge in [0.05, 0.1) is 50.7 Å². The van der Waals surface area contributed by atoms with E-state index in [4.69, 9.17) is 52.1 Å². The van der Waals surface area contributed by atoms with E-state index in [1.54, 1.807) is 0 Å². The van der Waals surface area contributed by atoms with Gasteiger partial charge in [-0.05, 0) is 111 Å². The van der Waals surface area contributed by atoms with Gasteiger partial charge in [-0.3, -0.25) is 9.59 Å². The van der Waals surface area contributed by atoms with E-state index in [0.717, 1.165) is 12.0 Å². The Kier molecular flexibility index (Phi) is 20.3. The lowest BCUT2D eigenvalue weighted by molar-refractivity contribution is -0.383. The van der Waals surface area contributed by atoms with Crippen molar-refractivity contribution in [3.8, 4) is 0 Å². The van der Waals surface area contributed by atoms with Gasteiger partial charge in [0, 0.05) is 12.3 Å². The number of fused-ring (bicyclic) bond motifs is 7. The fraction of sp³-hybridized carbons (Fsp3) is 0.934. The Balaban J connectivity index is 0.874. The fourth-order valence-corrected chi connectivity index (χ4v) is 17.8. The second-order valence-corrected chi connectivity index (χ2v) is 29.1. The largest absolute Gasteiger partial charge is 0.465 e. The lowest BCUT2D eigenvalue weighted by Crippen LogP contribution is -2.67. The maximum absolute atomic E-state index is 15.2. The fourth-order valence-electron chi connectivity index (χ4n) is 17.8. The Labute approximate surface area is 516 Å². The van der Waals surface area contributed by atoms with Gasteiger partial charge in [-0.2, -0.15) is 0 Å². The molecular formula is C61H98O28. The van der Waals surface area contributed by atoms with Gasteiger partial charge >= 0.3 is 11.9 Å². The van der Waals surface area contributed by atoms with Crippen LogP contribution in [0.4, 0.5) is 0 Å². The molecule has 0 amide bonds. The van der Waals surface area contributed by atoms with E-state index in [0.29, 0.717) is 57.8 Å². The molecule has 28 heteroatoms. The van der Waals surface area contributed by atoms with Gasteiger partial charge in [0.2, 0.25) is 6.29 Å². The molecule has 33 atom stereocenters. The minimum absolute atomic E-state index is 0.0522. The van der Waals surface area contributed by atoms with Crippen LogP contribution in [-0.4, -0.2) is 275 Å². The lowest BCUT2D eigenvalue weighted by atomic mass is 9.33. The van der Waals surface area contributed by atoms with Gasteiger partial charge in [0.25, 0.3) is 0 Å². The average molecular weight is 1280 g/mol. The Morgan fingerprint density at radius 3 is 1.79 bits per heavy atom. The monoisotopic (exact) mass is 1280 g/mol. The van der Waals surface area contributed by atoms with E-state index in [2.05, 4.69) is 40.7 Å². The highest BCUT2D eigenvalue weighted by molar-refractivity contribution is 5.79. The average Bonchev–Trinajstić information content (AvgIpc) is 0.714. The smallest absolute Gasteiger partial charge is 0.315 e. The van der Waals surface area contributed by atoms with Crippen LogP contribution >= 0.6 is 0 Å². The van der Waals surface area contributed by atoms with Crippen LogP contribution < -0.4 is 0 Å². The second kappa shape index (κ2) is 26.0. The molecule has 0 spiro atoms. The summed E-state index contributed by atoms with van der Waals surface area (Å²) in [5.41, 5.74) is -2.25. The number of allylic oxidation sites excluding steroid dienone is 2. The highest BCUT2D eigenvalue weighted by atomic mass is 16.8. The molecule has 5 aliphatic heterocycles. The number of ether oxygens (including phenoxy) is 11. The van der Waals surface area contributed by atoms with Gasteiger partial charge in [0.15, 0.2) is 25.2 Å². The summed E-state index contributed by atoms with van der Waals surface area (Å²) in [6.07, 6.45) is -32.0. The van der Waals surface area contributed by atoms with Crippen LogP contribution in [0.25, 0.3) is 0 Å². The van der Waals surface area contributed by atoms with Crippen molar-refractivity contribution in [1.82, 2.24) is 0 Å². The van der Waals surface area contributed by atoms with Crippen molar-refractivity contribution in [3.63, 3.8) is 0 Å². The molecule has 0 aromatic heterocycles. The number of rotatable bonds is 15. The van der Waals surface area contributed by atoms with Gasteiger partial charge < -0.3 is 129 Å². The van der Waals surface area contributed by atoms with Crippen molar-refractivity contribution in [3.05, 3.63) is 11.6 Å². The molecule has 0 radical (unpaired) electrons. The zero-order chi connectivity index (χ0) is 65.0. The summed E-state index contributed by atoms with van der Waals surface area (Å²) in [5.74, 6) is -1.54. The maximum atomic E-state index is 15.2. The first kappa shape index (κ1) is 69.5. The van der Waals surface area contributed by atoms with Crippen LogP contribution in [0.5, 0.6) is 0 Å². The molecular weight excluding hydrogens is 1180 g/mol. The zero-order valence-corrected chi connectivity index (χ0v) is 51.9. The van der Waals surface area contributed by atoms with E-state index in [1.165, 1.54) is 13.8 Å². The Morgan fingerprint density at radius 1 is 0.573 bits per heavy atom. The molecule has 510 valence electrons. The molecule has 9 fully saturated rings. The topological polar surface area (TPSA) is 439 Å². The Hall–Kier alpha value is -2.28. The van der Waals surface area contributed by atoms with Crippen molar-refractivity contribution in [1.29, 1.82) is 0 Å². The molecule has 0 bridgehead atoms. The quantitative estimate of drug-likeness (QED) is 0.0441. The summed E-state index contributed by atoms with van der Waals surface area (Å²) in [4.78, 5) is 28.0. The van der Waals surface area contributed by atoms with Crippen molar-refractivity contribution in [2.45, 2.75) is 273 Å². The van der Waals surface area contributed by atoms with Crippen molar-refractivity contribution in [2.24, 2.45) is 50.2 Å². The molecule has 89 heavy (non-hydrogen) atoms. The van der Waals surface area contributed by atoms with Crippen LogP contribution in [-0.2, 0) is 61.7 Å². The van der Waals surface area contributed by atoms with E-state index in [9.17, 15) is 81.4 Å². The molecule has 28 nitrogen and oxygen atoms in total. The first-order valence-corrected chi connectivity index (χ1v) is 31.7. The summed E-state index contributed by atoms with van der Waals surface area (Å²) in [5, 5.41) is 161. The number of aliphatic hydroxyl groups excluding tert-OH is 15. The predicted octanol–water partition coefficient (Wildman–Crippen LogP) is -3.00. The molecule has 5 heterocycles. The summed E-state index contributed by atoms with van der Waals surface area (Å²) >= 11 is 0. The van der Waals surface area contributed by atoms with E-state index < -0.39 is 207 Å². The summed E-state index contributed by atoms with van der Waals surface area (Å²) in [7, 11) is 0. The minimum Gasteiger partial charge on any atom is -0.465 e. The molecule has 10 rings (SSSR count). The van der Waals surface area contributed by atoms with Crippen LogP contribution in [0.15, 0.2) is 11.6 Å². The number of aliphatic hydroxyl groups is 15. The SMILES string of the molecule is CC(=O)OCC1(C)C(OC2OCC(O)C(O)C2OC2OC(C)C(O)C(OC3OC(CO)C(O)C(O)C3O)C2O)CCC2(C)C1CCC1(C)C2CC=C2C3CC(C)(C)CCC3(C(=O)OC3OC(COC4OC(CO)C(O)C(O)C4O)C(O)C(O)C3O)CCC21C. The summed E-state index contributed by atoms with van der Waals surface area (Å²) in [6, 6.07) is 0. The number of hydrogen-bond acceptors (Lipinski definition) is 28. The zero-order valence-electron chi connectivity index (χ0n) is 51.9. The van der Waals surface area contributed by atoms with Crippen molar-refractivity contribution in [2.75, 3.05) is 33.0 Å². The third-order valence-electron chi connectivity index (χ3n) is 23.5. The van der Waals surface area contributed by atoms with Crippen LogP contribution in [0, 0.1) is 50.2 Å². The first-order chi connectivity index (χ1) is 41.7. The highest BCUT2D eigenvalue weighted by Gasteiger charge is 2.71. The van der Waals surface area contributed by atoms with Gasteiger partial charge in [0.1, 0.15) is 110 Å². The van der Waals surface area contributed by atoms with E-state index in [-0.39, 0.29) is 41.8 Å². The van der Waals surface area contributed by atoms with Crippen molar-refractivity contribution < 1.29 is 138 Å². The molecule has 33 unspecified atom stereocenters. The summed E-state index contributed by atoms with van der Waals surface area (Å²) in [6.45, 7) is 13.6. The number of carbonyl (C=O) groups is 2. The van der Waals surface area contributed by atoms with Gasteiger partial charge in [-0.1, -0.05) is 53.2 Å². The Bertz CT molecular complexity index is 2510. The normalized spacial score (nSPS) is 53.2. The van der Waals surface area contributed by atoms with Gasteiger partial charge in [-0.25, -0.2) is 0 Å². The number of carbonyl (C=O) groups excluding carboxylic acids is 2. The first-order valence-electron chi connectivity index (χ1n) is 31.7. The molecule has 0 aromatic rings. The molecule has 10 aliphatic rings. The standard InChI is InChI=1S/C61H98O28/c1-25-36(66)48(87-51-45(75)42(72)39(69)31(21-63)84-51)47(77)53(82-25)88-49-37(67)29(65)22-79-54(49)86-35-12-13-57(5)33(58(35,6)24-81-26(2)64)11-14-60(8)34(57)10-9-27-28-19-56(3,4)15-17-61(28,18-16-59(27,60)7)55(78)89-52-46(76)43(73)40(70)32(85-52)23-80-50-44(74)41(71)38(68)30(20-62)83-50/h9,25,28-54,62-63,65-77H,10-24H2,1-8H3. The molecule has 0 aromatic carbocycles. The van der Waals surface area contributed by atoms with Gasteiger partial charge in [-0.15, -0.1) is 0 Å². The minimum atomic E-state index is -1.89. The maximum Gasteiger partial charge on any atom is 0.315 e. The van der Waals surface area contributed by atoms with E-state index >= 15 is 4.79 Å². The third-order valence-corrected chi connectivity index (χ3v) is 23.5. The van der Waals surface area contributed by atoms with E-state index in [1.807, 2.05) is 6.92 Å². The van der Waals surface area contributed by atoms with Crippen LogP contribution in [0.2, 0.25) is 0 Å². The highest BCUT2D eigenvalue weighted by Crippen LogP contribution is 2.76. The molecule has 5 saturated heterocycles. The molecule has 5 aliphatic carbocycles. The molecule has 4 saturated carbocycles. The van der Waals surface area contributed by atoms with Crippen LogP contribution in [0.3, 0.4) is 0 Å². The second-order valence-electron chi connectivity index (χ2n) is 29.1. The third kappa shape index (κ3) is 12.1. The summed E-state index contributed by atoms with van der Waals surface area (Å²) < 4.78 is 65.8. The Morgan fingerprint density at radius 2 is 1.15 bits per heavy atom. The number of hydrogen-bond donors (Lipinski definition) is 15. The van der Waals surface area contributed by atoms with Crippen LogP contribution in [0.1, 0.15) is 120 Å².